The molecule has 1 heterocycles. The molecule has 0 saturated heterocycles. The summed E-state index contributed by atoms with van der Waals surface area (Å²) in [6.07, 6.45) is 2.51. The van der Waals surface area contributed by atoms with Crippen molar-refractivity contribution in [1.29, 1.82) is 0 Å². The van der Waals surface area contributed by atoms with E-state index in [2.05, 4.69) is 30.1 Å². The van der Waals surface area contributed by atoms with Gasteiger partial charge in [-0.3, -0.25) is 9.17 Å². The van der Waals surface area contributed by atoms with Gasteiger partial charge in [-0.1, -0.05) is 0 Å². The van der Waals surface area contributed by atoms with Gasteiger partial charge in [0.05, 0.1) is 23.7 Å². The first-order chi connectivity index (χ1) is 8.35. The quantitative estimate of drug-likeness (QED) is 0.807. The van der Waals surface area contributed by atoms with E-state index in [1.54, 1.807) is 0 Å². The first kappa shape index (κ1) is 13.4. The maximum atomic E-state index is 10.9. The summed E-state index contributed by atoms with van der Waals surface area (Å²) < 4.78 is 27.3. The molecule has 0 atom stereocenters. The highest BCUT2D eigenvalue weighted by molar-refractivity contribution is 9.10. The third-order valence-electron chi connectivity index (χ3n) is 2.22. The zero-order chi connectivity index (χ0) is 13.3. The minimum atomic E-state index is -3.47. The molecule has 2 aromatic rings. The van der Waals surface area contributed by atoms with Crippen LogP contribution in [0.2, 0.25) is 0 Å². The van der Waals surface area contributed by atoms with E-state index < -0.39 is 10.1 Å². The summed E-state index contributed by atoms with van der Waals surface area (Å²) in [5.41, 5.74) is 2.97. The Kier molecular flexibility index (Phi) is 3.65. The van der Waals surface area contributed by atoms with Gasteiger partial charge in [-0.15, -0.1) is 0 Å². The standard InChI is InChI=1S/C11H11BrN2O3S/c1-7-3-9(12)11-10(4-7)14-8(5-13-11)6-17-18(2,15)16/h3-5H,6H2,1-2H3. The number of aryl methyl sites for hydroxylation is 1. The van der Waals surface area contributed by atoms with Crippen LogP contribution in [0.25, 0.3) is 11.0 Å². The molecule has 18 heavy (non-hydrogen) atoms. The maximum Gasteiger partial charge on any atom is 0.264 e. The van der Waals surface area contributed by atoms with Crippen LogP contribution in [0.3, 0.4) is 0 Å². The van der Waals surface area contributed by atoms with Crippen LogP contribution in [0, 0.1) is 6.92 Å². The zero-order valence-electron chi connectivity index (χ0n) is 9.84. The van der Waals surface area contributed by atoms with Gasteiger partial charge in [0.1, 0.15) is 12.1 Å². The van der Waals surface area contributed by atoms with E-state index in [9.17, 15) is 8.42 Å². The third-order valence-corrected chi connectivity index (χ3v) is 3.37. The summed E-state index contributed by atoms with van der Waals surface area (Å²) in [7, 11) is -3.47. The molecule has 0 radical (unpaired) electrons. The van der Waals surface area contributed by atoms with E-state index in [0.717, 1.165) is 21.8 Å². The molecule has 0 N–H and O–H groups in total. The van der Waals surface area contributed by atoms with Crippen LogP contribution in [0.15, 0.2) is 22.8 Å². The smallest absolute Gasteiger partial charge is 0.264 e. The lowest BCUT2D eigenvalue weighted by molar-refractivity contribution is 0.307. The molecule has 0 fully saturated rings. The summed E-state index contributed by atoms with van der Waals surface area (Å²) in [6, 6.07) is 3.83. The van der Waals surface area contributed by atoms with Crippen molar-refractivity contribution in [2.45, 2.75) is 13.5 Å². The Morgan fingerprint density at radius 2 is 2.11 bits per heavy atom. The van der Waals surface area contributed by atoms with E-state index in [-0.39, 0.29) is 6.61 Å². The van der Waals surface area contributed by atoms with Gasteiger partial charge in [0, 0.05) is 4.47 Å². The van der Waals surface area contributed by atoms with Crippen molar-refractivity contribution in [3.8, 4) is 0 Å². The Morgan fingerprint density at radius 3 is 2.78 bits per heavy atom. The monoisotopic (exact) mass is 330 g/mol. The summed E-state index contributed by atoms with van der Waals surface area (Å²) in [5.74, 6) is 0. The second-order valence-corrected chi connectivity index (χ2v) is 6.44. The topological polar surface area (TPSA) is 69.2 Å². The van der Waals surface area contributed by atoms with Crippen LogP contribution >= 0.6 is 15.9 Å². The lowest BCUT2D eigenvalue weighted by Gasteiger charge is -2.05. The average Bonchev–Trinajstić information content (AvgIpc) is 2.24. The van der Waals surface area contributed by atoms with Crippen molar-refractivity contribution >= 4 is 37.1 Å². The second kappa shape index (κ2) is 4.91. The first-order valence-corrected chi connectivity index (χ1v) is 7.72. The minimum absolute atomic E-state index is 0.104. The minimum Gasteiger partial charge on any atom is -0.264 e. The Morgan fingerprint density at radius 1 is 1.39 bits per heavy atom. The van der Waals surface area contributed by atoms with E-state index in [1.807, 2.05) is 19.1 Å². The fraction of sp³-hybridized carbons (Fsp3) is 0.273. The van der Waals surface area contributed by atoms with E-state index in [1.165, 1.54) is 6.20 Å². The number of hydrogen-bond acceptors (Lipinski definition) is 5. The molecule has 0 saturated carbocycles. The molecular formula is C11H11BrN2O3S. The molecule has 0 amide bonds. The maximum absolute atomic E-state index is 10.9. The number of nitrogens with zero attached hydrogens (tertiary/aromatic N) is 2. The van der Waals surface area contributed by atoms with E-state index >= 15 is 0 Å². The van der Waals surface area contributed by atoms with Crippen molar-refractivity contribution in [2.75, 3.05) is 6.26 Å². The number of halogens is 1. The van der Waals surface area contributed by atoms with Crippen molar-refractivity contribution < 1.29 is 12.6 Å². The van der Waals surface area contributed by atoms with Gasteiger partial charge in [-0.05, 0) is 40.5 Å². The van der Waals surface area contributed by atoms with Gasteiger partial charge < -0.3 is 0 Å². The first-order valence-electron chi connectivity index (χ1n) is 5.11. The summed E-state index contributed by atoms with van der Waals surface area (Å²) in [5, 5.41) is 0. The van der Waals surface area contributed by atoms with E-state index in [4.69, 9.17) is 0 Å². The summed E-state index contributed by atoms with van der Waals surface area (Å²) >= 11 is 3.41. The van der Waals surface area contributed by atoms with Gasteiger partial charge in [-0.2, -0.15) is 8.42 Å². The predicted molar refractivity (Wildman–Crippen MR) is 71.6 cm³/mol. The Bertz CT molecular complexity index is 701. The highest BCUT2D eigenvalue weighted by Crippen LogP contribution is 2.22. The zero-order valence-corrected chi connectivity index (χ0v) is 12.2. The largest absolute Gasteiger partial charge is 0.264 e. The number of fused-ring (bicyclic) bond motifs is 1. The number of rotatable bonds is 3. The predicted octanol–water partition coefficient (Wildman–Crippen LogP) is 2.18. The lowest BCUT2D eigenvalue weighted by atomic mass is 10.2. The Balaban J connectivity index is 2.38. The van der Waals surface area contributed by atoms with Crippen molar-refractivity contribution in [1.82, 2.24) is 9.97 Å². The molecule has 7 heteroatoms. The third kappa shape index (κ3) is 3.24. The molecule has 5 nitrogen and oxygen atoms in total. The molecule has 0 bridgehead atoms. The Labute approximate surface area is 113 Å². The van der Waals surface area contributed by atoms with Crippen LogP contribution in [0.5, 0.6) is 0 Å². The molecule has 0 aliphatic rings. The summed E-state index contributed by atoms with van der Waals surface area (Å²) in [4.78, 5) is 8.56. The van der Waals surface area contributed by atoms with Crippen LogP contribution in [0.4, 0.5) is 0 Å². The lowest BCUT2D eigenvalue weighted by Crippen LogP contribution is -2.04. The van der Waals surface area contributed by atoms with Gasteiger partial charge in [0.2, 0.25) is 0 Å². The van der Waals surface area contributed by atoms with Crippen LogP contribution in [-0.2, 0) is 20.9 Å². The second-order valence-electron chi connectivity index (χ2n) is 3.94. The van der Waals surface area contributed by atoms with Gasteiger partial charge in [0.25, 0.3) is 10.1 Å². The highest BCUT2D eigenvalue weighted by atomic mass is 79.9. The SMILES string of the molecule is Cc1cc(Br)c2ncc(COS(C)(=O)=O)nc2c1. The number of hydrogen-bond donors (Lipinski definition) is 0. The van der Waals surface area contributed by atoms with Gasteiger partial charge >= 0.3 is 0 Å². The van der Waals surface area contributed by atoms with Gasteiger partial charge in [0.15, 0.2) is 0 Å². The molecule has 1 aromatic heterocycles. The summed E-state index contributed by atoms with van der Waals surface area (Å²) in [6.45, 7) is 1.85. The normalized spacial score (nSPS) is 11.9. The van der Waals surface area contributed by atoms with Gasteiger partial charge in [-0.25, -0.2) is 4.98 Å². The molecule has 0 unspecified atom stereocenters. The molecule has 1 aromatic carbocycles. The molecular weight excluding hydrogens is 320 g/mol. The number of benzene rings is 1. The fourth-order valence-electron chi connectivity index (χ4n) is 1.49. The van der Waals surface area contributed by atoms with E-state index in [0.29, 0.717) is 11.2 Å². The molecule has 0 aliphatic heterocycles. The average molecular weight is 331 g/mol. The molecule has 0 aliphatic carbocycles. The fourth-order valence-corrected chi connectivity index (χ4v) is 2.49. The van der Waals surface area contributed by atoms with Crippen LogP contribution in [-0.4, -0.2) is 24.6 Å². The highest BCUT2D eigenvalue weighted by Gasteiger charge is 2.07. The van der Waals surface area contributed by atoms with Crippen LogP contribution < -0.4 is 0 Å². The van der Waals surface area contributed by atoms with Crippen LogP contribution in [0.1, 0.15) is 11.3 Å². The molecule has 96 valence electrons. The number of aromatic nitrogens is 2. The molecule has 2 rings (SSSR count). The molecule has 0 spiro atoms. The van der Waals surface area contributed by atoms with Crippen molar-refractivity contribution in [3.05, 3.63) is 34.1 Å². The Hall–Kier alpha value is -1.05. The van der Waals surface area contributed by atoms with Crippen molar-refractivity contribution in [3.63, 3.8) is 0 Å². The van der Waals surface area contributed by atoms with Crippen molar-refractivity contribution in [2.24, 2.45) is 0 Å².